The van der Waals surface area contributed by atoms with E-state index in [2.05, 4.69) is 5.32 Å². The van der Waals surface area contributed by atoms with Gasteiger partial charge in [0.25, 0.3) is 11.1 Å². The zero-order valence-corrected chi connectivity index (χ0v) is 23.2. The van der Waals surface area contributed by atoms with Crippen molar-refractivity contribution in [2.24, 2.45) is 0 Å². The summed E-state index contributed by atoms with van der Waals surface area (Å²) >= 11 is 2.78. The second kappa shape index (κ2) is 12.3. The molecule has 0 aliphatic carbocycles. The number of carbonyl (C=O) groups excluding carboxylic acids is 4. The van der Waals surface area contributed by atoms with E-state index < -0.39 is 29.6 Å². The number of ether oxygens (including phenoxy) is 3. The molecule has 3 amide bonds. The molecule has 0 saturated carbocycles. The van der Waals surface area contributed by atoms with E-state index >= 15 is 0 Å². The lowest BCUT2D eigenvalue weighted by atomic mass is 10.1. The molecule has 190 valence electrons. The number of aryl methyl sites for hydroxylation is 2. The number of benzene rings is 2. The van der Waals surface area contributed by atoms with E-state index in [0.717, 1.165) is 27.8 Å². The normalized spacial score (nSPS) is 14.2. The van der Waals surface area contributed by atoms with Crippen LogP contribution < -0.4 is 14.8 Å². The predicted octanol–water partition coefficient (Wildman–Crippen LogP) is 4.53. The highest BCUT2D eigenvalue weighted by Gasteiger charge is 2.36. The number of thioether (sulfide) groups is 1. The molecule has 1 aliphatic heterocycles. The van der Waals surface area contributed by atoms with Crippen LogP contribution in [0.5, 0.6) is 11.5 Å². The number of amides is 3. The molecule has 0 spiro atoms. The average Bonchev–Trinajstić information content (AvgIpc) is 3.07. The van der Waals surface area contributed by atoms with Crippen molar-refractivity contribution in [1.29, 1.82) is 0 Å². The van der Waals surface area contributed by atoms with Gasteiger partial charge in [0.1, 0.15) is 6.54 Å². The number of halogens is 1. The predicted molar refractivity (Wildman–Crippen MR) is 145 cm³/mol. The molecule has 1 N–H and O–H groups in total. The molecule has 2 aromatic carbocycles. The van der Waals surface area contributed by atoms with E-state index in [-0.39, 0.29) is 18.1 Å². The maximum Gasteiger partial charge on any atom is 0.344 e. The highest BCUT2D eigenvalue weighted by molar-refractivity contribution is 14.1. The minimum Gasteiger partial charge on any atom is -0.493 e. The van der Waals surface area contributed by atoms with Gasteiger partial charge in [-0.25, -0.2) is 4.79 Å². The number of nitrogens with one attached hydrogen (secondary N) is 1. The summed E-state index contributed by atoms with van der Waals surface area (Å²) in [4.78, 5) is 50.6. The van der Waals surface area contributed by atoms with Crippen molar-refractivity contribution in [2.45, 2.75) is 20.8 Å². The van der Waals surface area contributed by atoms with Crippen LogP contribution in [0.2, 0.25) is 0 Å². The van der Waals surface area contributed by atoms with Gasteiger partial charge in [-0.05, 0) is 90.5 Å². The minimum absolute atomic E-state index is 0.178. The second-order valence-electron chi connectivity index (χ2n) is 7.76. The first-order valence-corrected chi connectivity index (χ1v) is 12.8. The van der Waals surface area contributed by atoms with Crippen molar-refractivity contribution in [2.75, 3.05) is 32.2 Å². The number of anilines is 1. The second-order valence-corrected chi connectivity index (χ2v) is 9.92. The molecule has 0 radical (unpaired) electrons. The van der Waals surface area contributed by atoms with E-state index in [1.165, 1.54) is 7.11 Å². The molecule has 0 bridgehead atoms. The van der Waals surface area contributed by atoms with Gasteiger partial charge in [0.15, 0.2) is 18.1 Å². The van der Waals surface area contributed by atoms with Crippen molar-refractivity contribution < 1.29 is 33.4 Å². The molecule has 1 aliphatic rings. The third kappa shape index (κ3) is 6.78. The van der Waals surface area contributed by atoms with Gasteiger partial charge in [-0.2, -0.15) is 0 Å². The number of hydrogen-bond donors (Lipinski definition) is 1. The zero-order chi connectivity index (χ0) is 26.4. The monoisotopic (exact) mass is 624 g/mol. The van der Waals surface area contributed by atoms with E-state index in [9.17, 15) is 19.2 Å². The van der Waals surface area contributed by atoms with Crippen LogP contribution in [0.3, 0.4) is 0 Å². The zero-order valence-electron chi connectivity index (χ0n) is 20.2. The van der Waals surface area contributed by atoms with Gasteiger partial charge >= 0.3 is 5.97 Å². The Labute approximate surface area is 226 Å². The van der Waals surface area contributed by atoms with Gasteiger partial charge in [0.05, 0.1) is 22.2 Å². The van der Waals surface area contributed by atoms with Crippen LogP contribution >= 0.6 is 34.4 Å². The summed E-state index contributed by atoms with van der Waals surface area (Å²) in [7, 11) is 1.45. The van der Waals surface area contributed by atoms with Crippen molar-refractivity contribution >= 4 is 69.1 Å². The fourth-order valence-corrected chi connectivity index (χ4v) is 4.99. The number of rotatable bonds is 9. The Hall–Kier alpha value is -3.06. The molecule has 1 heterocycles. The standard InChI is InChI=1S/C25H25IN2O7S/c1-5-34-22(30)13-35-23-17(26)9-16(10-19(23)33-4)11-20-24(31)28(25(32)36-20)12-21(29)27-18-7-6-14(2)8-15(18)3/h6-11H,5,12-13H2,1-4H3,(H,27,29)/b20-11+. The van der Waals surface area contributed by atoms with E-state index in [1.54, 1.807) is 31.2 Å². The first-order valence-electron chi connectivity index (χ1n) is 10.9. The Morgan fingerprint density at radius 1 is 1.17 bits per heavy atom. The topological polar surface area (TPSA) is 111 Å². The lowest BCUT2D eigenvalue weighted by molar-refractivity contribution is -0.145. The Kier molecular flexibility index (Phi) is 9.37. The van der Waals surface area contributed by atoms with Crippen molar-refractivity contribution in [3.63, 3.8) is 0 Å². The summed E-state index contributed by atoms with van der Waals surface area (Å²) in [5.41, 5.74) is 3.16. The molecule has 1 fully saturated rings. The minimum atomic E-state index is -0.558. The molecule has 36 heavy (non-hydrogen) atoms. The lowest BCUT2D eigenvalue weighted by Crippen LogP contribution is -2.36. The van der Waals surface area contributed by atoms with Crippen molar-refractivity contribution in [3.05, 3.63) is 55.5 Å². The van der Waals surface area contributed by atoms with E-state index in [1.807, 2.05) is 48.6 Å². The molecule has 3 rings (SSSR count). The van der Waals surface area contributed by atoms with Crippen molar-refractivity contribution in [1.82, 2.24) is 4.90 Å². The van der Waals surface area contributed by atoms with Crippen LogP contribution in [-0.2, 0) is 19.1 Å². The van der Waals surface area contributed by atoms with E-state index in [0.29, 0.717) is 26.3 Å². The molecular formula is C25H25IN2O7S. The van der Waals surface area contributed by atoms with Crippen LogP contribution in [0.1, 0.15) is 23.6 Å². The quantitative estimate of drug-likeness (QED) is 0.246. The SMILES string of the molecule is CCOC(=O)COc1c(I)cc(/C=C2/SC(=O)N(CC(=O)Nc3ccc(C)cc3C)C2=O)cc1OC. The number of nitrogens with zero attached hydrogens (tertiary/aromatic N) is 1. The number of methoxy groups -OCH3 is 1. The Bertz CT molecular complexity index is 1250. The number of carbonyl (C=O) groups is 4. The van der Waals surface area contributed by atoms with Crippen LogP contribution in [0, 0.1) is 17.4 Å². The first kappa shape index (κ1) is 27.5. The van der Waals surface area contributed by atoms with Gasteiger partial charge in [-0.15, -0.1) is 0 Å². The summed E-state index contributed by atoms with van der Waals surface area (Å²) in [6.45, 7) is 5.10. The maximum atomic E-state index is 12.9. The van der Waals surface area contributed by atoms with Gasteiger partial charge in [-0.1, -0.05) is 17.7 Å². The van der Waals surface area contributed by atoms with Gasteiger partial charge in [-0.3, -0.25) is 19.3 Å². The van der Waals surface area contributed by atoms with Gasteiger partial charge in [0, 0.05) is 5.69 Å². The van der Waals surface area contributed by atoms with Crippen LogP contribution in [0.25, 0.3) is 6.08 Å². The largest absolute Gasteiger partial charge is 0.493 e. The highest BCUT2D eigenvalue weighted by atomic mass is 127. The third-order valence-electron chi connectivity index (χ3n) is 5.02. The Balaban J connectivity index is 1.73. The number of esters is 1. The molecule has 0 aromatic heterocycles. The molecule has 1 saturated heterocycles. The summed E-state index contributed by atoms with van der Waals surface area (Å²) in [5.74, 6) is -0.819. The molecule has 0 unspecified atom stereocenters. The smallest absolute Gasteiger partial charge is 0.344 e. The molecular weight excluding hydrogens is 599 g/mol. The molecule has 11 heteroatoms. The summed E-state index contributed by atoms with van der Waals surface area (Å²) in [5, 5.41) is 2.22. The van der Waals surface area contributed by atoms with Crippen LogP contribution in [0.4, 0.5) is 10.5 Å². The maximum absolute atomic E-state index is 12.9. The lowest BCUT2D eigenvalue weighted by Gasteiger charge is -2.14. The van der Waals surface area contributed by atoms with Gasteiger partial charge in [0.2, 0.25) is 5.91 Å². The number of hydrogen-bond acceptors (Lipinski definition) is 8. The summed E-state index contributed by atoms with van der Waals surface area (Å²) < 4.78 is 16.4. The first-order chi connectivity index (χ1) is 17.1. The number of imide groups is 1. The van der Waals surface area contributed by atoms with Gasteiger partial charge < -0.3 is 19.5 Å². The van der Waals surface area contributed by atoms with Crippen LogP contribution in [0.15, 0.2) is 35.2 Å². The van der Waals surface area contributed by atoms with Crippen LogP contribution in [-0.4, -0.2) is 54.8 Å². The van der Waals surface area contributed by atoms with E-state index in [4.69, 9.17) is 14.2 Å². The van der Waals surface area contributed by atoms with Crippen molar-refractivity contribution in [3.8, 4) is 11.5 Å². The Morgan fingerprint density at radius 2 is 1.92 bits per heavy atom. The molecule has 2 aromatic rings. The third-order valence-corrected chi connectivity index (χ3v) is 6.73. The summed E-state index contributed by atoms with van der Waals surface area (Å²) in [6.07, 6.45) is 1.55. The Morgan fingerprint density at radius 3 is 2.58 bits per heavy atom. The molecule has 9 nitrogen and oxygen atoms in total. The highest BCUT2D eigenvalue weighted by Crippen LogP contribution is 2.37. The fraction of sp³-hybridized carbons (Fsp3) is 0.280. The fourth-order valence-electron chi connectivity index (χ4n) is 3.37. The summed E-state index contributed by atoms with van der Waals surface area (Å²) in [6, 6.07) is 8.94. The average molecular weight is 624 g/mol. The molecule has 0 atom stereocenters.